The molecule has 0 amide bonds. The van der Waals surface area contributed by atoms with Gasteiger partial charge in [-0.3, -0.25) is 0 Å². The molecule has 0 nitrogen and oxygen atoms in total. The van der Waals surface area contributed by atoms with Crippen molar-refractivity contribution in [3.63, 3.8) is 0 Å². The first-order valence-corrected chi connectivity index (χ1v) is 6.77. The zero-order valence-electron chi connectivity index (χ0n) is 11.2. The minimum absolute atomic E-state index is 0.144. The van der Waals surface area contributed by atoms with Gasteiger partial charge >= 0.3 is 0 Å². The number of rotatable bonds is 1. The molecule has 3 heteroatoms. The molecule has 0 aromatic heterocycles. The number of halogens is 3. The summed E-state index contributed by atoms with van der Waals surface area (Å²) >= 11 is 0. The van der Waals surface area contributed by atoms with Crippen molar-refractivity contribution in [2.24, 2.45) is 0 Å². The molecule has 0 bridgehead atoms. The molecule has 104 valence electrons. The highest BCUT2D eigenvalue weighted by Gasteiger charge is 2.25. The molecular weight excluding hydrogens is 261 g/mol. The second-order valence-corrected chi connectivity index (χ2v) is 5.49. The second-order valence-electron chi connectivity index (χ2n) is 5.49. The number of benzene rings is 2. The third kappa shape index (κ3) is 2.33. The van der Waals surface area contributed by atoms with Crippen LogP contribution < -0.4 is 0 Å². The summed E-state index contributed by atoms with van der Waals surface area (Å²) in [5.41, 5.74) is 2.66. The Morgan fingerprint density at radius 3 is 2.35 bits per heavy atom. The molecule has 1 unspecified atom stereocenters. The summed E-state index contributed by atoms with van der Waals surface area (Å²) < 4.78 is 41.4. The van der Waals surface area contributed by atoms with E-state index in [1.165, 1.54) is 24.3 Å². The third-order valence-electron chi connectivity index (χ3n) is 4.03. The van der Waals surface area contributed by atoms with Crippen LogP contribution in [-0.4, -0.2) is 0 Å². The van der Waals surface area contributed by atoms with Crippen LogP contribution in [0, 0.1) is 24.4 Å². The molecule has 3 rings (SSSR count). The van der Waals surface area contributed by atoms with Crippen molar-refractivity contribution in [2.75, 3.05) is 0 Å². The molecule has 0 radical (unpaired) electrons. The SMILES string of the molecule is Cc1cc(F)c(C2CCc3ccc(F)cc3C2)c(F)c1. The molecule has 0 aliphatic heterocycles. The summed E-state index contributed by atoms with van der Waals surface area (Å²) in [6, 6.07) is 7.40. The normalized spacial score (nSPS) is 17.9. The fourth-order valence-corrected chi connectivity index (χ4v) is 3.07. The molecule has 1 aliphatic rings. The lowest BCUT2D eigenvalue weighted by atomic mass is 9.79. The first-order valence-electron chi connectivity index (χ1n) is 6.77. The highest BCUT2D eigenvalue weighted by Crippen LogP contribution is 2.35. The van der Waals surface area contributed by atoms with E-state index in [2.05, 4.69) is 0 Å². The van der Waals surface area contributed by atoms with E-state index in [0.29, 0.717) is 18.4 Å². The fourth-order valence-electron chi connectivity index (χ4n) is 3.07. The number of hydrogen-bond acceptors (Lipinski definition) is 0. The molecule has 1 aliphatic carbocycles. The van der Waals surface area contributed by atoms with Gasteiger partial charge in [-0.05, 0) is 73.1 Å². The van der Waals surface area contributed by atoms with Crippen molar-refractivity contribution in [2.45, 2.75) is 32.1 Å². The zero-order chi connectivity index (χ0) is 14.3. The van der Waals surface area contributed by atoms with Crippen molar-refractivity contribution in [1.29, 1.82) is 0 Å². The van der Waals surface area contributed by atoms with Crippen molar-refractivity contribution in [3.8, 4) is 0 Å². The first kappa shape index (κ1) is 13.2. The molecular formula is C17H15F3. The maximum atomic E-state index is 14.0. The monoisotopic (exact) mass is 276 g/mol. The van der Waals surface area contributed by atoms with Gasteiger partial charge in [0.1, 0.15) is 17.5 Å². The van der Waals surface area contributed by atoms with Crippen LogP contribution in [0.3, 0.4) is 0 Å². The van der Waals surface area contributed by atoms with Crippen LogP contribution in [0.4, 0.5) is 13.2 Å². The average molecular weight is 276 g/mol. The van der Waals surface area contributed by atoms with Crippen LogP contribution in [-0.2, 0) is 12.8 Å². The Balaban J connectivity index is 1.98. The van der Waals surface area contributed by atoms with E-state index in [-0.39, 0.29) is 17.3 Å². The lowest BCUT2D eigenvalue weighted by Gasteiger charge is -2.25. The predicted octanol–water partition coefficient (Wildman–Crippen LogP) is 4.68. The van der Waals surface area contributed by atoms with Crippen LogP contribution in [0.5, 0.6) is 0 Å². The minimum Gasteiger partial charge on any atom is -0.207 e. The first-order chi connectivity index (χ1) is 9.54. The Morgan fingerprint density at radius 1 is 0.950 bits per heavy atom. The van der Waals surface area contributed by atoms with E-state index in [0.717, 1.165) is 17.5 Å². The highest BCUT2D eigenvalue weighted by molar-refractivity contribution is 5.36. The Morgan fingerprint density at radius 2 is 1.65 bits per heavy atom. The van der Waals surface area contributed by atoms with E-state index in [1.807, 2.05) is 0 Å². The minimum atomic E-state index is -0.493. The molecule has 1 atom stereocenters. The molecule has 20 heavy (non-hydrogen) atoms. The molecule has 0 fully saturated rings. The smallest absolute Gasteiger partial charge is 0.129 e. The van der Waals surface area contributed by atoms with Gasteiger partial charge in [-0.1, -0.05) is 6.07 Å². The van der Waals surface area contributed by atoms with Crippen molar-refractivity contribution in [3.05, 3.63) is 70.0 Å². The molecule has 0 saturated heterocycles. The number of hydrogen-bond donors (Lipinski definition) is 0. The third-order valence-corrected chi connectivity index (χ3v) is 4.03. The summed E-state index contributed by atoms with van der Waals surface area (Å²) in [6.07, 6.45) is 1.91. The summed E-state index contributed by atoms with van der Waals surface area (Å²) in [5, 5.41) is 0. The van der Waals surface area contributed by atoms with Crippen molar-refractivity contribution >= 4 is 0 Å². The predicted molar refractivity (Wildman–Crippen MR) is 72.3 cm³/mol. The largest absolute Gasteiger partial charge is 0.207 e. The summed E-state index contributed by atoms with van der Waals surface area (Å²) in [5.74, 6) is -1.50. The summed E-state index contributed by atoms with van der Waals surface area (Å²) in [4.78, 5) is 0. The van der Waals surface area contributed by atoms with Gasteiger partial charge in [0, 0.05) is 5.56 Å². The molecule has 0 N–H and O–H groups in total. The van der Waals surface area contributed by atoms with Gasteiger partial charge in [0.05, 0.1) is 0 Å². The highest BCUT2D eigenvalue weighted by atomic mass is 19.1. The van der Waals surface area contributed by atoms with E-state index in [1.54, 1.807) is 13.0 Å². The second kappa shape index (κ2) is 4.97. The number of aryl methyl sites for hydroxylation is 2. The van der Waals surface area contributed by atoms with Crippen LogP contribution in [0.25, 0.3) is 0 Å². The van der Waals surface area contributed by atoms with Crippen LogP contribution in [0.2, 0.25) is 0 Å². The lowest BCUT2D eigenvalue weighted by molar-refractivity contribution is 0.489. The summed E-state index contributed by atoms with van der Waals surface area (Å²) in [7, 11) is 0. The van der Waals surface area contributed by atoms with Gasteiger partial charge < -0.3 is 0 Å². The van der Waals surface area contributed by atoms with Crippen LogP contribution in [0.15, 0.2) is 30.3 Å². The van der Waals surface area contributed by atoms with Gasteiger partial charge in [-0.2, -0.15) is 0 Å². The Labute approximate surface area is 116 Å². The Bertz CT molecular complexity index is 638. The fraction of sp³-hybridized carbons (Fsp3) is 0.294. The van der Waals surface area contributed by atoms with Crippen LogP contribution in [0.1, 0.15) is 34.6 Å². The molecule has 0 spiro atoms. The van der Waals surface area contributed by atoms with Gasteiger partial charge in [-0.25, -0.2) is 13.2 Å². The topological polar surface area (TPSA) is 0 Å². The molecule has 2 aromatic rings. The lowest BCUT2D eigenvalue weighted by Crippen LogP contribution is -2.16. The molecule has 0 heterocycles. The average Bonchev–Trinajstić information content (AvgIpc) is 2.37. The number of fused-ring (bicyclic) bond motifs is 1. The van der Waals surface area contributed by atoms with E-state index < -0.39 is 11.6 Å². The quantitative estimate of drug-likeness (QED) is 0.709. The summed E-state index contributed by atoms with van der Waals surface area (Å²) in [6.45, 7) is 1.67. The Hall–Kier alpha value is -1.77. The van der Waals surface area contributed by atoms with Crippen LogP contribution >= 0.6 is 0 Å². The molecule has 0 saturated carbocycles. The Kier molecular flexibility index (Phi) is 3.28. The van der Waals surface area contributed by atoms with Gasteiger partial charge in [0.15, 0.2) is 0 Å². The maximum Gasteiger partial charge on any atom is 0.129 e. The van der Waals surface area contributed by atoms with E-state index in [9.17, 15) is 13.2 Å². The van der Waals surface area contributed by atoms with Crippen molar-refractivity contribution < 1.29 is 13.2 Å². The van der Waals surface area contributed by atoms with Crippen molar-refractivity contribution in [1.82, 2.24) is 0 Å². The van der Waals surface area contributed by atoms with Gasteiger partial charge in [0.25, 0.3) is 0 Å². The molecule has 2 aromatic carbocycles. The van der Waals surface area contributed by atoms with E-state index in [4.69, 9.17) is 0 Å². The van der Waals surface area contributed by atoms with Gasteiger partial charge in [0.2, 0.25) is 0 Å². The zero-order valence-corrected chi connectivity index (χ0v) is 11.2. The maximum absolute atomic E-state index is 14.0. The van der Waals surface area contributed by atoms with Gasteiger partial charge in [-0.15, -0.1) is 0 Å². The van der Waals surface area contributed by atoms with E-state index >= 15 is 0 Å². The standard InChI is InChI=1S/C17H15F3/c1-10-6-15(19)17(16(20)7-10)12-3-2-11-4-5-14(18)9-13(11)8-12/h4-7,9,12H,2-3,8H2,1H3.